The third kappa shape index (κ3) is 5.30. The molecule has 3 aromatic carbocycles. The number of imide groups is 1. The first-order chi connectivity index (χ1) is 17.8. The SMILES string of the molecule is COC(=O)CC(c1ccc(OCc2ccccc2)c(OC)c1)N1C(=O)c2cccc(NC(C)=O)c2C1=O. The Balaban J connectivity index is 1.69. The van der Waals surface area contributed by atoms with Gasteiger partial charge in [0.2, 0.25) is 5.91 Å². The quantitative estimate of drug-likeness (QED) is 0.346. The molecule has 1 aliphatic heterocycles. The fourth-order valence-corrected chi connectivity index (χ4v) is 4.23. The van der Waals surface area contributed by atoms with Crippen molar-refractivity contribution in [1.82, 2.24) is 4.90 Å². The van der Waals surface area contributed by atoms with Crippen LogP contribution >= 0.6 is 0 Å². The first kappa shape index (κ1) is 25.4. The lowest BCUT2D eigenvalue weighted by molar-refractivity contribution is -0.141. The highest BCUT2D eigenvalue weighted by Gasteiger charge is 2.43. The van der Waals surface area contributed by atoms with Gasteiger partial charge in [-0.15, -0.1) is 0 Å². The minimum atomic E-state index is -0.984. The molecule has 190 valence electrons. The highest BCUT2D eigenvalue weighted by atomic mass is 16.5. The van der Waals surface area contributed by atoms with Gasteiger partial charge >= 0.3 is 5.97 Å². The fourth-order valence-electron chi connectivity index (χ4n) is 4.23. The molecule has 1 N–H and O–H groups in total. The van der Waals surface area contributed by atoms with E-state index in [2.05, 4.69) is 5.32 Å². The molecule has 0 fully saturated rings. The molecule has 0 aliphatic carbocycles. The van der Waals surface area contributed by atoms with E-state index in [-0.39, 0.29) is 29.1 Å². The average molecular weight is 503 g/mol. The maximum Gasteiger partial charge on any atom is 0.307 e. The number of carbonyl (C=O) groups is 4. The van der Waals surface area contributed by atoms with Crippen molar-refractivity contribution in [2.45, 2.75) is 26.0 Å². The van der Waals surface area contributed by atoms with E-state index < -0.39 is 23.8 Å². The number of benzene rings is 3. The molecular weight excluding hydrogens is 476 g/mol. The third-order valence-electron chi connectivity index (χ3n) is 5.97. The Hall–Kier alpha value is -4.66. The molecule has 0 saturated carbocycles. The van der Waals surface area contributed by atoms with Gasteiger partial charge in [0.25, 0.3) is 11.8 Å². The first-order valence-corrected chi connectivity index (χ1v) is 11.5. The molecule has 4 rings (SSSR count). The van der Waals surface area contributed by atoms with Crippen LogP contribution in [0.2, 0.25) is 0 Å². The van der Waals surface area contributed by atoms with Gasteiger partial charge in [-0.05, 0) is 35.4 Å². The predicted octanol–water partition coefficient (Wildman–Crippen LogP) is 4.13. The minimum absolute atomic E-state index is 0.0762. The van der Waals surface area contributed by atoms with Gasteiger partial charge in [0.05, 0.1) is 43.5 Å². The molecular formula is C28H26N2O7. The highest BCUT2D eigenvalue weighted by molar-refractivity contribution is 6.24. The van der Waals surface area contributed by atoms with Crippen molar-refractivity contribution in [2.75, 3.05) is 19.5 Å². The van der Waals surface area contributed by atoms with Gasteiger partial charge in [-0.2, -0.15) is 0 Å². The van der Waals surface area contributed by atoms with Crippen LogP contribution in [0.15, 0.2) is 66.7 Å². The summed E-state index contributed by atoms with van der Waals surface area (Å²) in [5.74, 6) is -1.35. The fraction of sp³-hybridized carbons (Fsp3) is 0.214. The summed E-state index contributed by atoms with van der Waals surface area (Å²) in [6.07, 6.45) is -0.273. The summed E-state index contributed by atoms with van der Waals surface area (Å²) in [6.45, 7) is 1.62. The molecule has 1 atom stereocenters. The second-order valence-corrected chi connectivity index (χ2v) is 8.37. The molecule has 0 spiro atoms. The van der Waals surface area contributed by atoms with Gasteiger partial charge in [0.15, 0.2) is 11.5 Å². The molecule has 37 heavy (non-hydrogen) atoms. The summed E-state index contributed by atoms with van der Waals surface area (Å²) in [7, 11) is 2.71. The minimum Gasteiger partial charge on any atom is -0.493 e. The standard InChI is InChI=1S/C28H26N2O7/c1-17(31)29-21-11-7-10-20-26(21)28(34)30(27(20)33)22(15-25(32)36-3)19-12-13-23(24(14-19)35-2)37-16-18-8-5-4-6-9-18/h4-14,22H,15-16H2,1-3H3,(H,29,31). The monoisotopic (exact) mass is 502 g/mol. The van der Waals surface area contributed by atoms with Crippen LogP contribution in [0.4, 0.5) is 5.69 Å². The summed E-state index contributed by atoms with van der Waals surface area (Å²) in [5.41, 5.74) is 1.89. The van der Waals surface area contributed by atoms with E-state index in [0.29, 0.717) is 23.7 Å². The maximum absolute atomic E-state index is 13.5. The van der Waals surface area contributed by atoms with Crippen molar-refractivity contribution in [3.8, 4) is 11.5 Å². The van der Waals surface area contributed by atoms with E-state index in [4.69, 9.17) is 14.2 Å². The van der Waals surface area contributed by atoms with Gasteiger partial charge < -0.3 is 19.5 Å². The zero-order chi connectivity index (χ0) is 26.5. The number of hydrogen-bond acceptors (Lipinski definition) is 7. The van der Waals surface area contributed by atoms with E-state index >= 15 is 0 Å². The molecule has 9 nitrogen and oxygen atoms in total. The summed E-state index contributed by atoms with van der Waals surface area (Å²) in [5, 5.41) is 2.59. The van der Waals surface area contributed by atoms with Crippen LogP contribution in [0, 0.1) is 0 Å². The van der Waals surface area contributed by atoms with Crippen molar-refractivity contribution >= 4 is 29.4 Å². The summed E-state index contributed by atoms with van der Waals surface area (Å²) in [4.78, 5) is 51.9. The van der Waals surface area contributed by atoms with Crippen LogP contribution in [0.3, 0.4) is 0 Å². The Morgan fingerprint density at radius 2 is 1.68 bits per heavy atom. The van der Waals surface area contributed by atoms with E-state index in [9.17, 15) is 19.2 Å². The Labute approximate surface area is 213 Å². The van der Waals surface area contributed by atoms with Crippen LogP contribution in [0.5, 0.6) is 11.5 Å². The number of ether oxygens (including phenoxy) is 3. The lowest BCUT2D eigenvalue weighted by Gasteiger charge is -2.26. The number of nitrogens with one attached hydrogen (secondary N) is 1. The van der Waals surface area contributed by atoms with Crippen molar-refractivity contribution in [2.24, 2.45) is 0 Å². The van der Waals surface area contributed by atoms with Crippen LogP contribution in [-0.4, -0.2) is 42.8 Å². The maximum atomic E-state index is 13.5. The second-order valence-electron chi connectivity index (χ2n) is 8.37. The molecule has 0 bridgehead atoms. The predicted molar refractivity (Wildman–Crippen MR) is 134 cm³/mol. The number of methoxy groups -OCH3 is 2. The molecule has 1 heterocycles. The second kappa shape index (κ2) is 10.9. The number of nitrogens with zero attached hydrogens (tertiary/aromatic N) is 1. The highest BCUT2D eigenvalue weighted by Crippen LogP contribution is 2.39. The largest absolute Gasteiger partial charge is 0.493 e. The topological polar surface area (TPSA) is 111 Å². The summed E-state index contributed by atoms with van der Waals surface area (Å²) >= 11 is 0. The molecule has 9 heteroatoms. The molecule has 0 radical (unpaired) electrons. The van der Waals surface area contributed by atoms with E-state index in [0.717, 1.165) is 10.5 Å². The third-order valence-corrected chi connectivity index (χ3v) is 5.97. The van der Waals surface area contributed by atoms with E-state index in [1.54, 1.807) is 30.3 Å². The number of fused-ring (bicyclic) bond motifs is 1. The van der Waals surface area contributed by atoms with Gasteiger partial charge in [0.1, 0.15) is 6.61 Å². The zero-order valence-electron chi connectivity index (χ0n) is 20.6. The van der Waals surface area contributed by atoms with Crippen molar-refractivity contribution in [3.05, 3.63) is 89.0 Å². The van der Waals surface area contributed by atoms with Crippen LogP contribution in [0.25, 0.3) is 0 Å². The lowest BCUT2D eigenvalue weighted by Crippen LogP contribution is -2.35. The van der Waals surface area contributed by atoms with Gasteiger partial charge in [-0.1, -0.05) is 42.5 Å². The molecule has 1 aliphatic rings. The van der Waals surface area contributed by atoms with Crippen LogP contribution < -0.4 is 14.8 Å². The summed E-state index contributed by atoms with van der Waals surface area (Å²) in [6, 6.07) is 18.2. The lowest BCUT2D eigenvalue weighted by atomic mass is 10.0. The Morgan fingerprint density at radius 3 is 2.35 bits per heavy atom. The molecule has 1 unspecified atom stereocenters. The normalized spacial score (nSPS) is 13.1. The van der Waals surface area contributed by atoms with E-state index in [1.165, 1.54) is 27.2 Å². The molecule has 3 amide bonds. The average Bonchev–Trinajstić information content (AvgIpc) is 3.16. The smallest absolute Gasteiger partial charge is 0.307 e. The number of hydrogen-bond donors (Lipinski definition) is 1. The number of anilines is 1. The van der Waals surface area contributed by atoms with Crippen molar-refractivity contribution in [3.63, 3.8) is 0 Å². The van der Waals surface area contributed by atoms with Crippen molar-refractivity contribution in [1.29, 1.82) is 0 Å². The first-order valence-electron chi connectivity index (χ1n) is 11.5. The van der Waals surface area contributed by atoms with Gasteiger partial charge in [0, 0.05) is 6.92 Å². The Morgan fingerprint density at radius 1 is 0.919 bits per heavy atom. The van der Waals surface area contributed by atoms with Crippen LogP contribution in [-0.2, 0) is 20.9 Å². The summed E-state index contributed by atoms with van der Waals surface area (Å²) < 4.78 is 16.3. The van der Waals surface area contributed by atoms with E-state index in [1.807, 2.05) is 30.3 Å². The molecule has 0 aromatic heterocycles. The molecule has 0 saturated heterocycles. The Kier molecular flexibility index (Phi) is 7.52. The van der Waals surface area contributed by atoms with Crippen molar-refractivity contribution < 1.29 is 33.4 Å². The Bertz CT molecular complexity index is 1350. The van der Waals surface area contributed by atoms with Gasteiger partial charge in [-0.3, -0.25) is 24.1 Å². The van der Waals surface area contributed by atoms with Gasteiger partial charge in [-0.25, -0.2) is 0 Å². The number of rotatable bonds is 9. The zero-order valence-corrected chi connectivity index (χ0v) is 20.6. The van der Waals surface area contributed by atoms with Crippen LogP contribution in [0.1, 0.15) is 51.2 Å². The number of amides is 3. The number of carbonyl (C=O) groups excluding carboxylic acids is 4. The number of esters is 1. The molecule has 3 aromatic rings.